The van der Waals surface area contributed by atoms with Gasteiger partial charge in [-0.05, 0) is 70.3 Å². The van der Waals surface area contributed by atoms with E-state index in [0.717, 1.165) is 55.3 Å². The third kappa shape index (κ3) is 5.08. The van der Waals surface area contributed by atoms with E-state index in [4.69, 9.17) is 15.0 Å². The molecule has 1 aliphatic carbocycles. The van der Waals surface area contributed by atoms with E-state index in [1.165, 1.54) is 44.1 Å². The van der Waals surface area contributed by atoms with E-state index in [0.29, 0.717) is 17.5 Å². The number of aromatic amines is 1. The molecule has 8 aromatic carbocycles. The lowest BCUT2D eigenvalue weighted by Crippen LogP contribution is -2.14. The van der Waals surface area contributed by atoms with Gasteiger partial charge in [0.05, 0.1) is 22.1 Å². The van der Waals surface area contributed by atoms with E-state index in [1.54, 1.807) is 0 Å². The number of fused-ring (bicyclic) bond motifs is 9. The fourth-order valence-corrected chi connectivity index (χ4v) is 9.54. The van der Waals surface area contributed by atoms with Crippen LogP contribution in [0.3, 0.4) is 0 Å². The van der Waals surface area contributed by atoms with Crippen molar-refractivity contribution < 1.29 is 0 Å². The van der Waals surface area contributed by atoms with E-state index in [1.807, 2.05) is 60.7 Å². The van der Waals surface area contributed by atoms with Crippen LogP contribution in [-0.4, -0.2) is 24.5 Å². The number of nitrogens with one attached hydrogen (secondary N) is 1. The second kappa shape index (κ2) is 12.7. The molecular formula is C54H37N5. The van der Waals surface area contributed by atoms with Gasteiger partial charge in [0.15, 0.2) is 17.5 Å². The van der Waals surface area contributed by atoms with Crippen LogP contribution in [0.2, 0.25) is 0 Å². The van der Waals surface area contributed by atoms with Gasteiger partial charge in [0, 0.05) is 54.9 Å². The fraction of sp³-hybridized carbons (Fsp3) is 0.0556. The predicted molar refractivity (Wildman–Crippen MR) is 243 cm³/mol. The zero-order chi connectivity index (χ0) is 39.2. The lowest BCUT2D eigenvalue weighted by atomic mass is 9.82. The smallest absolute Gasteiger partial charge is 0.166 e. The molecule has 0 saturated carbocycles. The minimum absolute atomic E-state index is 0.0963. The Kier molecular flexibility index (Phi) is 7.20. The summed E-state index contributed by atoms with van der Waals surface area (Å²) in [5.74, 6) is 1.91. The van der Waals surface area contributed by atoms with Gasteiger partial charge in [0.1, 0.15) is 0 Å². The summed E-state index contributed by atoms with van der Waals surface area (Å²) < 4.78 is 2.44. The van der Waals surface area contributed by atoms with Crippen molar-refractivity contribution in [1.82, 2.24) is 24.5 Å². The number of hydrogen-bond donors (Lipinski definition) is 1. The Balaban J connectivity index is 1.07. The summed E-state index contributed by atoms with van der Waals surface area (Å²) in [5.41, 5.74) is 16.1. The number of H-pyrrole nitrogens is 1. The summed E-state index contributed by atoms with van der Waals surface area (Å²) >= 11 is 0. The van der Waals surface area contributed by atoms with Crippen LogP contribution >= 0.6 is 0 Å². The quantitative estimate of drug-likeness (QED) is 0.190. The molecule has 0 bridgehead atoms. The SMILES string of the molecule is CC1(C)c2ccccc2-c2cc3c4cc(-c5cccc6c5[nH]c5c(-c7nc(-c8ccccc8)nc(-c8ccccc8)n7)cccc56)ccc4n(-c4ccccc4)c3cc21. The molecule has 0 aliphatic heterocycles. The third-order valence-electron chi connectivity index (χ3n) is 12.4. The van der Waals surface area contributed by atoms with E-state index in [-0.39, 0.29) is 5.41 Å². The molecule has 0 spiro atoms. The van der Waals surface area contributed by atoms with E-state index in [2.05, 4.69) is 145 Å². The first-order valence-corrected chi connectivity index (χ1v) is 20.2. The van der Waals surface area contributed by atoms with Gasteiger partial charge in [-0.15, -0.1) is 0 Å². The lowest BCUT2D eigenvalue weighted by Gasteiger charge is -2.21. The van der Waals surface area contributed by atoms with Crippen molar-refractivity contribution in [3.63, 3.8) is 0 Å². The van der Waals surface area contributed by atoms with Crippen molar-refractivity contribution in [2.24, 2.45) is 0 Å². The van der Waals surface area contributed by atoms with Crippen molar-refractivity contribution in [1.29, 1.82) is 0 Å². The second-order valence-corrected chi connectivity index (χ2v) is 16.1. The highest BCUT2D eigenvalue weighted by molar-refractivity contribution is 6.17. The highest BCUT2D eigenvalue weighted by Gasteiger charge is 2.36. The van der Waals surface area contributed by atoms with Crippen LogP contribution in [0, 0.1) is 0 Å². The van der Waals surface area contributed by atoms with Gasteiger partial charge in [-0.3, -0.25) is 0 Å². The molecule has 59 heavy (non-hydrogen) atoms. The summed E-state index contributed by atoms with van der Waals surface area (Å²) in [6.45, 7) is 4.71. The molecule has 5 heteroatoms. The first kappa shape index (κ1) is 33.5. The van der Waals surface area contributed by atoms with Crippen LogP contribution in [0.25, 0.3) is 106 Å². The number of para-hydroxylation sites is 3. The molecule has 5 nitrogen and oxygen atoms in total. The average molecular weight is 756 g/mol. The molecule has 0 amide bonds. The maximum atomic E-state index is 5.09. The lowest BCUT2D eigenvalue weighted by molar-refractivity contribution is 0.661. The average Bonchev–Trinajstić information content (AvgIpc) is 3.91. The van der Waals surface area contributed by atoms with E-state index >= 15 is 0 Å². The normalized spacial score (nSPS) is 13.1. The van der Waals surface area contributed by atoms with Gasteiger partial charge in [0.2, 0.25) is 0 Å². The van der Waals surface area contributed by atoms with E-state index < -0.39 is 0 Å². The zero-order valence-electron chi connectivity index (χ0n) is 32.6. The van der Waals surface area contributed by atoms with Crippen LogP contribution < -0.4 is 0 Å². The van der Waals surface area contributed by atoms with Crippen molar-refractivity contribution in [2.75, 3.05) is 0 Å². The molecular weight excluding hydrogens is 719 g/mol. The summed E-state index contributed by atoms with van der Waals surface area (Å²) in [7, 11) is 0. The van der Waals surface area contributed by atoms with Crippen LogP contribution in [0.1, 0.15) is 25.0 Å². The molecule has 0 radical (unpaired) electrons. The Bertz CT molecular complexity index is 3390. The van der Waals surface area contributed by atoms with Crippen molar-refractivity contribution in [3.05, 3.63) is 193 Å². The molecule has 1 N–H and O–H groups in total. The maximum Gasteiger partial charge on any atom is 0.166 e. The molecule has 0 fully saturated rings. The van der Waals surface area contributed by atoms with Gasteiger partial charge >= 0.3 is 0 Å². The minimum Gasteiger partial charge on any atom is -0.353 e. The summed E-state index contributed by atoms with van der Waals surface area (Å²) in [4.78, 5) is 19.0. The van der Waals surface area contributed by atoms with Gasteiger partial charge in [-0.25, -0.2) is 15.0 Å². The zero-order valence-corrected chi connectivity index (χ0v) is 32.6. The molecule has 278 valence electrons. The van der Waals surface area contributed by atoms with Gasteiger partial charge < -0.3 is 9.55 Å². The Morgan fingerprint density at radius 1 is 0.390 bits per heavy atom. The Morgan fingerprint density at radius 2 is 0.949 bits per heavy atom. The number of rotatable bonds is 5. The summed E-state index contributed by atoms with van der Waals surface area (Å²) in [5, 5.41) is 4.76. The Labute approximate surface area is 341 Å². The largest absolute Gasteiger partial charge is 0.353 e. The van der Waals surface area contributed by atoms with Crippen molar-refractivity contribution in [3.8, 4) is 62.1 Å². The highest BCUT2D eigenvalue weighted by atomic mass is 15.0. The van der Waals surface area contributed by atoms with Crippen LogP contribution in [-0.2, 0) is 5.41 Å². The van der Waals surface area contributed by atoms with Crippen LogP contribution in [0.4, 0.5) is 0 Å². The molecule has 0 unspecified atom stereocenters. The fourth-order valence-electron chi connectivity index (χ4n) is 9.54. The summed E-state index contributed by atoms with van der Waals surface area (Å²) in [6, 6.07) is 64.8. The highest BCUT2D eigenvalue weighted by Crippen LogP contribution is 2.51. The number of benzene rings is 8. The van der Waals surface area contributed by atoms with Gasteiger partial charge in [-0.1, -0.05) is 153 Å². The molecule has 3 heterocycles. The topological polar surface area (TPSA) is 59.4 Å². The molecule has 12 rings (SSSR count). The van der Waals surface area contributed by atoms with Crippen LogP contribution in [0.15, 0.2) is 182 Å². The molecule has 0 saturated heterocycles. The maximum absolute atomic E-state index is 5.09. The monoisotopic (exact) mass is 755 g/mol. The first-order valence-electron chi connectivity index (χ1n) is 20.2. The number of nitrogens with zero attached hydrogens (tertiary/aromatic N) is 4. The molecule has 11 aromatic rings. The Morgan fingerprint density at radius 3 is 1.64 bits per heavy atom. The summed E-state index contributed by atoms with van der Waals surface area (Å²) in [6.07, 6.45) is 0. The van der Waals surface area contributed by atoms with Crippen molar-refractivity contribution >= 4 is 43.6 Å². The molecule has 0 atom stereocenters. The standard InChI is InChI=1S/C54H37N5/c1-54(2)45-27-13-12-22-38(45)42-31-44-43-30-35(28-29-47(43)59(48(44)32-46(42)54)36-20-10-5-11-21-36)37-23-14-24-39-40-25-15-26-41(50(40)55-49(37)39)53-57-51(33-16-6-3-7-17-33)56-52(58-53)34-18-8-4-9-19-34/h3-32,55H,1-2H3. The molecule has 3 aromatic heterocycles. The van der Waals surface area contributed by atoms with Crippen LogP contribution in [0.5, 0.6) is 0 Å². The number of aromatic nitrogens is 5. The number of hydrogen-bond acceptors (Lipinski definition) is 3. The molecule has 1 aliphatic rings. The van der Waals surface area contributed by atoms with E-state index in [9.17, 15) is 0 Å². The minimum atomic E-state index is -0.0963. The van der Waals surface area contributed by atoms with Gasteiger partial charge in [-0.2, -0.15) is 0 Å². The Hall–Kier alpha value is -7.63. The first-order chi connectivity index (χ1) is 29.0. The third-order valence-corrected chi connectivity index (χ3v) is 12.4. The van der Waals surface area contributed by atoms with Crippen molar-refractivity contribution in [2.45, 2.75) is 19.3 Å². The van der Waals surface area contributed by atoms with Gasteiger partial charge in [0.25, 0.3) is 0 Å². The predicted octanol–water partition coefficient (Wildman–Crippen LogP) is 13.6. The second-order valence-electron chi connectivity index (χ2n) is 16.1.